The quantitative estimate of drug-likeness (QED) is 0.596. The minimum atomic E-state index is -1.00. The molecule has 0 radical (unpaired) electrons. The van der Waals surface area contributed by atoms with Crippen LogP contribution in [0.3, 0.4) is 0 Å². The summed E-state index contributed by atoms with van der Waals surface area (Å²) in [5.41, 5.74) is 1.43. The number of hydrogen-bond donors (Lipinski definition) is 1. The minimum absolute atomic E-state index is 0.0220. The van der Waals surface area contributed by atoms with Crippen molar-refractivity contribution < 1.29 is 28.6 Å². The molecule has 2 fully saturated rings. The maximum absolute atomic E-state index is 13.9. The number of aliphatic hydroxyl groups excluding tert-OH is 1. The maximum atomic E-state index is 13.9. The number of rotatable bonds is 7. The van der Waals surface area contributed by atoms with Gasteiger partial charge in [-0.2, -0.15) is 0 Å². The third-order valence-electron chi connectivity index (χ3n) is 6.48. The molecule has 0 aromatic heterocycles. The Morgan fingerprint density at radius 1 is 0.943 bits per heavy atom. The summed E-state index contributed by atoms with van der Waals surface area (Å²) in [4.78, 5) is 43.2. The summed E-state index contributed by atoms with van der Waals surface area (Å²) in [7, 11) is 0. The van der Waals surface area contributed by atoms with E-state index in [1.54, 1.807) is 11.0 Å². The predicted molar refractivity (Wildman–Crippen MR) is 125 cm³/mol. The highest BCUT2D eigenvalue weighted by atomic mass is 19.1. The van der Waals surface area contributed by atoms with Gasteiger partial charge in [-0.05, 0) is 17.2 Å². The van der Waals surface area contributed by atoms with E-state index in [1.807, 2.05) is 18.2 Å². The summed E-state index contributed by atoms with van der Waals surface area (Å²) in [5, 5.41) is 10.0. The van der Waals surface area contributed by atoms with Crippen molar-refractivity contribution in [3.8, 4) is 0 Å². The van der Waals surface area contributed by atoms with Gasteiger partial charge in [-0.25, -0.2) is 9.18 Å². The van der Waals surface area contributed by atoms with Gasteiger partial charge in [-0.1, -0.05) is 48.5 Å². The zero-order valence-electron chi connectivity index (χ0n) is 19.5. The number of likely N-dealkylation sites (tertiary alicyclic amines) is 1. The summed E-state index contributed by atoms with van der Waals surface area (Å²) in [5.74, 6) is -2.01. The van der Waals surface area contributed by atoms with Gasteiger partial charge in [-0.3, -0.25) is 14.5 Å². The fourth-order valence-corrected chi connectivity index (χ4v) is 4.54. The molecule has 0 aliphatic carbocycles. The first-order valence-electron chi connectivity index (χ1n) is 11.8. The van der Waals surface area contributed by atoms with Crippen molar-refractivity contribution in [1.82, 2.24) is 14.7 Å². The minimum Gasteiger partial charge on any atom is -0.454 e. The topological polar surface area (TPSA) is 90.4 Å². The monoisotopic (exact) mass is 483 g/mol. The fourth-order valence-electron chi connectivity index (χ4n) is 4.54. The number of ether oxygens (including phenoxy) is 1. The van der Waals surface area contributed by atoms with Crippen LogP contribution in [0.15, 0.2) is 54.6 Å². The summed E-state index contributed by atoms with van der Waals surface area (Å²) >= 11 is 0. The van der Waals surface area contributed by atoms with E-state index in [2.05, 4.69) is 17.0 Å². The molecule has 0 spiro atoms. The number of nitrogens with zero attached hydrogens (tertiary/aromatic N) is 3. The number of amides is 2. The van der Waals surface area contributed by atoms with Crippen molar-refractivity contribution in [2.24, 2.45) is 0 Å². The highest BCUT2D eigenvalue weighted by Gasteiger charge is 2.40. The number of aliphatic hydroxyl groups is 1. The Hall–Kier alpha value is -3.30. The molecule has 186 valence electrons. The largest absolute Gasteiger partial charge is 0.454 e. The van der Waals surface area contributed by atoms with Gasteiger partial charge in [0.1, 0.15) is 11.9 Å². The molecule has 2 aliphatic rings. The van der Waals surface area contributed by atoms with Gasteiger partial charge < -0.3 is 19.6 Å². The third-order valence-corrected chi connectivity index (χ3v) is 6.48. The van der Waals surface area contributed by atoms with Crippen molar-refractivity contribution in [2.45, 2.75) is 31.5 Å². The number of esters is 1. The van der Waals surface area contributed by atoms with Crippen LogP contribution >= 0.6 is 0 Å². The number of piperazine rings is 1. The number of benzene rings is 2. The first kappa shape index (κ1) is 24.8. The Kier molecular flexibility index (Phi) is 8.09. The lowest BCUT2D eigenvalue weighted by atomic mass is 10.1. The predicted octanol–water partition coefficient (Wildman–Crippen LogP) is 1.22. The Balaban J connectivity index is 1.25. The molecular formula is C26H30FN3O5. The molecule has 0 saturated carbocycles. The number of hydrogen-bond acceptors (Lipinski definition) is 6. The Labute approximate surface area is 203 Å². The summed E-state index contributed by atoms with van der Waals surface area (Å²) in [6.07, 6.45) is -1.09. The molecule has 2 unspecified atom stereocenters. The molecule has 2 atom stereocenters. The number of carbonyl (C=O) groups excluding carboxylic acids is 3. The van der Waals surface area contributed by atoms with Gasteiger partial charge in [0, 0.05) is 45.7 Å². The van der Waals surface area contributed by atoms with Crippen LogP contribution in [-0.4, -0.2) is 89.1 Å². The average molecular weight is 484 g/mol. The molecule has 2 aliphatic heterocycles. The summed E-state index contributed by atoms with van der Waals surface area (Å²) < 4.78 is 19.2. The molecule has 35 heavy (non-hydrogen) atoms. The second kappa shape index (κ2) is 11.4. The Bertz CT molecular complexity index is 1040. The summed E-state index contributed by atoms with van der Waals surface area (Å²) in [6.45, 7) is 2.89. The van der Waals surface area contributed by atoms with E-state index in [-0.39, 0.29) is 30.9 Å². The number of carbonyl (C=O) groups is 3. The maximum Gasteiger partial charge on any atom is 0.329 e. The van der Waals surface area contributed by atoms with Crippen molar-refractivity contribution in [3.05, 3.63) is 71.5 Å². The van der Waals surface area contributed by atoms with Gasteiger partial charge in [-0.15, -0.1) is 0 Å². The van der Waals surface area contributed by atoms with E-state index in [0.717, 1.165) is 19.6 Å². The van der Waals surface area contributed by atoms with E-state index in [4.69, 9.17) is 4.74 Å². The van der Waals surface area contributed by atoms with Crippen LogP contribution in [0.25, 0.3) is 0 Å². The van der Waals surface area contributed by atoms with E-state index < -0.39 is 36.4 Å². The molecule has 2 heterocycles. The van der Waals surface area contributed by atoms with E-state index in [9.17, 15) is 23.9 Å². The van der Waals surface area contributed by atoms with Crippen LogP contribution in [0.1, 0.15) is 17.5 Å². The lowest BCUT2D eigenvalue weighted by Gasteiger charge is -2.34. The number of halogens is 1. The lowest BCUT2D eigenvalue weighted by molar-refractivity contribution is -0.158. The van der Waals surface area contributed by atoms with E-state index in [1.165, 1.54) is 28.7 Å². The van der Waals surface area contributed by atoms with Crippen LogP contribution in [0.2, 0.25) is 0 Å². The molecule has 2 saturated heterocycles. The Morgan fingerprint density at radius 2 is 1.63 bits per heavy atom. The van der Waals surface area contributed by atoms with Crippen molar-refractivity contribution in [1.29, 1.82) is 0 Å². The second-order valence-electron chi connectivity index (χ2n) is 8.97. The number of β-amino-alcohol motifs (C(OH)–C–C–N with tert-alkyl or cyclic N) is 1. The molecule has 4 rings (SSSR count). The van der Waals surface area contributed by atoms with Gasteiger partial charge in [0.05, 0.1) is 12.5 Å². The third kappa shape index (κ3) is 6.43. The van der Waals surface area contributed by atoms with E-state index in [0.29, 0.717) is 13.1 Å². The SMILES string of the molecule is O=C(OCC(=O)N1CCN(Cc2ccccc2)CC1)C1CC(O)CN1C(=O)Cc1ccccc1F. The molecule has 1 N–H and O–H groups in total. The molecule has 8 nitrogen and oxygen atoms in total. The standard InChI is InChI=1S/C26H30FN3O5/c27-22-9-5-4-8-20(22)14-24(32)30-17-21(31)15-23(30)26(34)35-18-25(33)29-12-10-28(11-13-29)16-19-6-2-1-3-7-19/h1-9,21,23,31H,10-18H2. The van der Waals surface area contributed by atoms with E-state index >= 15 is 0 Å². The second-order valence-corrected chi connectivity index (χ2v) is 8.97. The molecular weight excluding hydrogens is 453 g/mol. The molecule has 2 aromatic carbocycles. The smallest absolute Gasteiger partial charge is 0.329 e. The van der Waals surface area contributed by atoms with Gasteiger partial charge in [0.2, 0.25) is 5.91 Å². The highest BCUT2D eigenvalue weighted by Crippen LogP contribution is 2.21. The van der Waals surface area contributed by atoms with Gasteiger partial charge >= 0.3 is 5.97 Å². The average Bonchev–Trinajstić information content (AvgIpc) is 3.27. The van der Waals surface area contributed by atoms with Crippen LogP contribution in [0.5, 0.6) is 0 Å². The van der Waals surface area contributed by atoms with Crippen LogP contribution < -0.4 is 0 Å². The summed E-state index contributed by atoms with van der Waals surface area (Å²) in [6, 6.07) is 15.1. The zero-order valence-corrected chi connectivity index (χ0v) is 19.5. The van der Waals surface area contributed by atoms with Gasteiger partial charge in [0.15, 0.2) is 6.61 Å². The van der Waals surface area contributed by atoms with Crippen LogP contribution in [-0.2, 0) is 32.1 Å². The molecule has 2 aromatic rings. The van der Waals surface area contributed by atoms with Crippen LogP contribution in [0, 0.1) is 5.82 Å². The molecule has 9 heteroatoms. The van der Waals surface area contributed by atoms with Gasteiger partial charge in [0.25, 0.3) is 5.91 Å². The first-order valence-corrected chi connectivity index (χ1v) is 11.8. The Morgan fingerprint density at radius 3 is 2.34 bits per heavy atom. The fraction of sp³-hybridized carbons (Fsp3) is 0.423. The normalized spacial score (nSPS) is 20.6. The molecule has 2 amide bonds. The lowest BCUT2D eigenvalue weighted by Crippen LogP contribution is -2.50. The van der Waals surface area contributed by atoms with Crippen molar-refractivity contribution in [2.75, 3.05) is 39.3 Å². The highest BCUT2D eigenvalue weighted by molar-refractivity contribution is 5.88. The van der Waals surface area contributed by atoms with Crippen LogP contribution in [0.4, 0.5) is 4.39 Å². The first-order chi connectivity index (χ1) is 16.9. The molecule has 0 bridgehead atoms. The van der Waals surface area contributed by atoms with Crippen molar-refractivity contribution >= 4 is 17.8 Å². The van der Waals surface area contributed by atoms with Crippen molar-refractivity contribution in [3.63, 3.8) is 0 Å². The zero-order chi connectivity index (χ0) is 24.8.